The van der Waals surface area contributed by atoms with Crippen molar-refractivity contribution in [2.24, 2.45) is 0 Å². The predicted molar refractivity (Wildman–Crippen MR) is 109 cm³/mol. The summed E-state index contributed by atoms with van der Waals surface area (Å²) in [4.78, 5) is 24.9. The maximum atomic E-state index is 12.3. The van der Waals surface area contributed by atoms with Gasteiger partial charge in [0.15, 0.2) is 0 Å². The topological polar surface area (TPSA) is 79.8 Å². The molecule has 0 bridgehead atoms. The Balaban J connectivity index is 1.54. The third-order valence-corrected chi connectivity index (χ3v) is 4.04. The molecule has 0 spiro atoms. The Kier molecular flexibility index (Phi) is 5.02. The van der Waals surface area contributed by atoms with Crippen LogP contribution in [0.4, 0.5) is 17.3 Å². The highest BCUT2D eigenvalue weighted by Gasteiger charge is 2.09. The van der Waals surface area contributed by atoms with Crippen molar-refractivity contribution in [2.45, 2.75) is 0 Å². The van der Waals surface area contributed by atoms with Gasteiger partial charge in [0.1, 0.15) is 17.3 Å². The number of nitrogens with zero attached hydrogens (tertiary/aromatic N) is 3. The maximum absolute atomic E-state index is 12.3. The molecular weight excluding hydrogens is 350 g/mol. The van der Waals surface area contributed by atoms with Gasteiger partial charge in [-0.25, -0.2) is 9.97 Å². The first-order valence-corrected chi connectivity index (χ1v) is 8.75. The van der Waals surface area contributed by atoms with Gasteiger partial charge in [-0.05, 0) is 59.7 Å². The average Bonchev–Trinajstić information content (AvgIpc) is 2.75. The van der Waals surface area contributed by atoms with E-state index in [-0.39, 0.29) is 5.91 Å². The third kappa shape index (κ3) is 4.19. The van der Waals surface area contributed by atoms with Crippen molar-refractivity contribution in [3.8, 4) is 11.1 Å². The fourth-order valence-corrected chi connectivity index (χ4v) is 2.70. The van der Waals surface area contributed by atoms with Crippen molar-refractivity contribution >= 4 is 23.2 Å². The van der Waals surface area contributed by atoms with Crippen LogP contribution in [0.3, 0.4) is 0 Å². The fourth-order valence-electron chi connectivity index (χ4n) is 2.70. The SMILES string of the molecule is O=C(Nc1cc(-c2ccnc(Nc3ccccc3)c2)ccn1)c1ccccn1. The number of hydrogen-bond acceptors (Lipinski definition) is 5. The Labute approximate surface area is 162 Å². The molecule has 0 atom stereocenters. The molecule has 28 heavy (non-hydrogen) atoms. The van der Waals surface area contributed by atoms with E-state index in [0.717, 1.165) is 22.6 Å². The largest absolute Gasteiger partial charge is 0.340 e. The highest BCUT2D eigenvalue weighted by atomic mass is 16.1. The summed E-state index contributed by atoms with van der Waals surface area (Å²) in [7, 11) is 0. The van der Waals surface area contributed by atoms with E-state index in [9.17, 15) is 4.79 Å². The molecule has 0 fully saturated rings. The second-order valence-corrected chi connectivity index (χ2v) is 6.02. The van der Waals surface area contributed by atoms with E-state index in [2.05, 4.69) is 25.6 Å². The van der Waals surface area contributed by atoms with Gasteiger partial charge in [-0.15, -0.1) is 0 Å². The molecule has 4 aromatic rings. The maximum Gasteiger partial charge on any atom is 0.275 e. The van der Waals surface area contributed by atoms with Crippen LogP contribution in [-0.2, 0) is 0 Å². The molecule has 2 N–H and O–H groups in total. The molecule has 136 valence electrons. The fraction of sp³-hybridized carbons (Fsp3) is 0. The van der Waals surface area contributed by atoms with E-state index in [1.165, 1.54) is 0 Å². The Morgan fingerprint density at radius 2 is 1.36 bits per heavy atom. The summed E-state index contributed by atoms with van der Waals surface area (Å²) in [5.41, 5.74) is 3.19. The van der Waals surface area contributed by atoms with Crippen LogP contribution in [-0.4, -0.2) is 20.9 Å². The molecule has 1 aromatic carbocycles. The van der Waals surface area contributed by atoms with Gasteiger partial charge < -0.3 is 10.6 Å². The summed E-state index contributed by atoms with van der Waals surface area (Å²) in [6.45, 7) is 0. The molecule has 0 unspecified atom stereocenters. The van der Waals surface area contributed by atoms with Gasteiger partial charge in [-0.2, -0.15) is 0 Å². The number of carbonyl (C=O) groups is 1. The van der Waals surface area contributed by atoms with E-state index in [4.69, 9.17) is 0 Å². The normalized spacial score (nSPS) is 10.3. The Morgan fingerprint density at radius 1 is 0.679 bits per heavy atom. The minimum atomic E-state index is -0.300. The summed E-state index contributed by atoms with van der Waals surface area (Å²) in [5.74, 6) is 0.897. The molecule has 6 nitrogen and oxygen atoms in total. The lowest BCUT2D eigenvalue weighted by Crippen LogP contribution is -2.14. The third-order valence-electron chi connectivity index (χ3n) is 4.04. The first-order valence-electron chi connectivity index (χ1n) is 8.75. The number of pyridine rings is 3. The summed E-state index contributed by atoms with van der Waals surface area (Å²) in [5, 5.41) is 6.06. The Morgan fingerprint density at radius 3 is 2.07 bits per heavy atom. The quantitative estimate of drug-likeness (QED) is 0.541. The van der Waals surface area contributed by atoms with Gasteiger partial charge in [0.05, 0.1) is 0 Å². The van der Waals surface area contributed by atoms with Crippen molar-refractivity contribution in [1.82, 2.24) is 15.0 Å². The minimum Gasteiger partial charge on any atom is -0.340 e. The van der Waals surface area contributed by atoms with Crippen molar-refractivity contribution in [1.29, 1.82) is 0 Å². The van der Waals surface area contributed by atoms with Gasteiger partial charge in [-0.1, -0.05) is 24.3 Å². The van der Waals surface area contributed by atoms with Gasteiger partial charge in [0, 0.05) is 24.3 Å². The molecule has 4 rings (SSSR count). The lowest BCUT2D eigenvalue weighted by atomic mass is 10.1. The van der Waals surface area contributed by atoms with Crippen LogP contribution in [0.15, 0.2) is 91.4 Å². The summed E-state index contributed by atoms with van der Waals surface area (Å²) < 4.78 is 0. The summed E-state index contributed by atoms with van der Waals surface area (Å²) >= 11 is 0. The van der Waals surface area contributed by atoms with E-state index in [0.29, 0.717) is 11.5 Å². The van der Waals surface area contributed by atoms with Crippen LogP contribution in [0.2, 0.25) is 0 Å². The van der Waals surface area contributed by atoms with E-state index < -0.39 is 0 Å². The van der Waals surface area contributed by atoms with Gasteiger partial charge in [0.2, 0.25) is 0 Å². The first kappa shape index (κ1) is 17.4. The van der Waals surface area contributed by atoms with Crippen LogP contribution in [0.25, 0.3) is 11.1 Å². The summed E-state index contributed by atoms with van der Waals surface area (Å²) in [6, 6.07) is 22.6. The monoisotopic (exact) mass is 367 g/mol. The number of para-hydroxylation sites is 1. The Bertz CT molecular complexity index is 1080. The van der Waals surface area contributed by atoms with Crippen molar-refractivity contribution in [3.05, 3.63) is 97.1 Å². The zero-order valence-electron chi connectivity index (χ0n) is 14.9. The molecule has 0 aliphatic carbocycles. The zero-order chi connectivity index (χ0) is 19.2. The molecular formula is C22H17N5O. The van der Waals surface area contributed by atoms with Crippen LogP contribution < -0.4 is 10.6 Å². The van der Waals surface area contributed by atoms with Gasteiger partial charge >= 0.3 is 0 Å². The van der Waals surface area contributed by atoms with Crippen LogP contribution in [0, 0.1) is 0 Å². The first-order chi connectivity index (χ1) is 13.8. The number of nitrogens with one attached hydrogen (secondary N) is 2. The Hall–Kier alpha value is -4.06. The second kappa shape index (κ2) is 8.09. The zero-order valence-corrected chi connectivity index (χ0v) is 14.9. The molecule has 6 heteroatoms. The van der Waals surface area contributed by atoms with Crippen LogP contribution in [0.1, 0.15) is 10.5 Å². The highest BCUT2D eigenvalue weighted by molar-refractivity contribution is 6.02. The summed E-state index contributed by atoms with van der Waals surface area (Å²) in [6.07, 6.45) is 4.98. The average molecular weight is 367 g/mol. The molecule has 0 aliphatic rings. The number of hydrogen-bond donors (Lipinski definition) is 2. The lowest BCUT2D eigenvalue weighted by molar-refractivity contribution is 0.102. The van der Waals surface area contributed by atoms with Gasteiger partial charge in [-0.3, -0.25) is 9.78 Å². The van der Waals surface area contributed by atoms with Gasteiger partial charge in [0.25, 0.3) is 5.91 Å². The molecule has 0 saturated carbocycles. The van der Waals surface area contributed by atoms with Crippen molar-refractivity contribution in [3.63, 3.8) is 0 Å². The number of benzene rings is 1. The van der Waals surface area contributed by atoms with Crippen molar-refractivity contribution in [2.75, 3.05) is 10.6 Å². The molecule has 3 aromatic heterocycles. The van der Waals surface area contributed by atoms with E-state index >= 15 is 0 Å². The lowest BCUT2D eigenvalue weighted by Gasteiger charge is -2.09. The molecule has 3 heterocycles. The molecule has 0 aliphatic heterocycles. The number of carbonyl (C=O) groups excluding carboxylic acids is 1. The van der Waals surface area contributed by atoms with E-state index in [1.54, 1.807) is 36.8 Å². The van der Waals surface area contributed by atoms with Crippen molar-refractivity contribution < 1.29 is 4.79 Å². The highest BCUT2D eigenvalue weighted by Crippen LogP contribution is 2.24. The predicted octanol–water partition coefficient (Wildman–Crippen LogP) is 4.53. The number of rotatable bonds is 5. The molecule has 0 saturated heterocycles. The standard InChI is InChI=1S/C22H17N5O/c28-22(19-8-4-5-11-23-19)27-21-15-17(10-13-25-21)16-9-12-24-20(14-16)26-18-6-2-1-3-7-18/h1-15H,(H,24,26)(H,25,27,28). The number of aromatic nitrogens is 3. The second-order valence-electron chi connectivity index (χ2n) is 6.02. The smallest absolute Gasteiger partial charge is 0.275 e. The van der Waals surface area contributed by atoms with E-state index in [1.807, 2.05) is 54.6 Å². The molecule has 1 amide bonds. The molecule has 0 radical (unpaired) electrons. The minimum absolute atomic E-state index is 0.300. The van der Waals surface area contributed by atoms with Crippen LogP contribution >= 0.6 is 0 Å². The number of anilines is 3. The number of amides is 1. The van der Waals surface area contributed by atoms with Crippen LogP contribution in [0.5, 0.6) is 0 Å².